The average molecular weight is 262 g/mol. The maximum atomic E-state index is 5.40. The van der Waals surface area contributed by atoms with E-state index < -0.39 is 0 Å². The van der Waals surface area contributed by atoms with Gasteiger partial charge in [0, 0.05) is 19.4 Å². The molecule has 102 valence electrons. The first kappa shape index (κ1) is 13.4. The van der Waals surface area contributed by atoms with Crippen LogP contribution in [-0.2, 0) is 11.3 Å². The fraction of sp³-hybridized carbons (Fsp3) is 0.417. The Morgan fingerprint density at radius 3 is 2.79 bits per heavy atom. The Morgan fingerprint density at radius 2 is 2.21 bits per heavy atom. The quantitative estimate of drug-likeness (QED) is 0.622. The number of rotatable bonds is 5. The standard InChI is InChI=1S/C12H18N6O/c1-8(2)9-4-5-18(17-9)12-6-10(16-13)14-11(15-12)7-19-3/h4-6,8H,7,13H2,1-3H3,(H,14,15,16). The zero-order valence-corrected chi connectivity index (χ0v) is 11.3. The lowest BCUT2D eigenvalue weighted by Gasteiger charge is -2.07. The molecule has 0 saturated heterocycles. The van der Waals surface area contributed by atoms with Crippen molar-refractivity contribution in [2.45, 2.75) is 26.4 Å². The van der Waals surface area contributed by atoms with Crippen LogP contribution < -0.4 is 11.3 Å². The Hall–Kier alpha value is -1.99. The maximum absolute atomic E-state index is 5.40. The molecule has 0 bridgehead atoms. The van der Waals surface area contributed by atoms with Crippen molar-refractivity contribution in [2.24, 2.45) is 5.84 Å². The lowest BCUT2D eigenvalue weighted by atomic mass is 10.1. The molecule has 2 aromatic rings. The summed E-state index contributed by atoms with van der Waals surface area (Å²) < 4.78 is 6.74. The molecule has 0 amide bonds. The summed E-state index contributed by atoms with van der Waals surface area (Å²) in [6.45, 7) is 4.51. The van der Waals surface area contributed by atoms with Gasteiger partial charge in [-0.1, -0.05) is 13.8 Å². The normalized spacial score (nSPS) is 11.0. The van der Waals surface area contributed by atoms with Crippen molar-refractivity contribution in [1.29, 1.82) is 0 Å². The lowest BCUT2D eigenvalue weighted by Crippen LogP contribution is -2.13. The SMILES string of the molecule is COCc1nc(NN)cc(-n2ccc(C(C)C)n2)n1. The number of nitrogens with zero attached hydrogens (tertiary/aromatic N) is 4. The van der Waals surface area contributed by atoms with Crippen molar-refractivity contribution in [3.63, 3.8) is 0 Å². The molecule has 2 rings (SSSR count). The number of ether oxygens (including phenoxy) is 1. The average Bonchev–Trinajstić information content (AvgIpc) is 2.88. The van der Waals surface area contributed by atoms with E-state index in [1.807, 2.05) is 12.3 Å². The molecular formula is C12H18N6O. The summed E-state index contributed by atoms with van der Waals surface area (Å²) in [5.41, 5.74) is 3.53. The van der Waals surface area contributed by atoms with Crippen molar-refractivity contribution in [3.05, 3.63) is 29.8 Å². The zero-order chi connectivity index (χ0) is 13.8. The van der Waals surface area contributed by atoms with Gasteiger partial charge in [-0.25, -0.2) is 20.5 Å². The van der Waals surface area contributed by atoms with Crippen LogP contribution in [0.5, 0.6) is 0 Å². The molecule has 0 aliphatic rings. The van der Waals surface area contributed by atoms with E-state index in [9.17, 15) is 0 Å². The Kier molecular flexibility index (Phi) is 4.08. The highest BCUT2D eigenvalue weighted by atomic mass is 16.5. The van der Waals surface area contributed by atoms with Crippen LogP contribution in [0.1, 0.15) is 31.3 Å². The molecule has 2 aromatic heterocycles. The van der Waals surface area contributed by atoms with Crippen molar-refractivity contribution >= 4 is 5.82 Å². The first-order chi connectivity index (χ1) is 9.13. The van der Waals surface area contributed by atoms with Crippen molar-refractivity contribution < 1.29 is 4.74 Å². The highest BCUT2D eigenvalue weighted by Gasteiger charge is 2.09. The highest BCUT2D eigenvalue weighted by Crippen LogP contribution is 2.15. The number of nitrogens with one attached hydrogen (secondary N) is 1. The number of hydrogen-bond donors (Lipinski definition) is 2. The van der Waals surface area contributed by atoms with E-state index in [1.165, 1.54) is 0 Å². The number of methoxy groups -OCH3 is 1. The zero-order valence-electron chi connectivity index (χ0n) is 11.3. The van der Waals surface area contributed by atoms with Gasteiger partial charge in [0.25, 0.3) is 0 Å². The summed E-state index contributed by atoms with van der Waals surface area (Å²) in [6, 6.07) is 3.70. The lowest BCUT2D eigenvalue weighted by molar-refractivity contribution is 0.178. The van der Waals surface area contributed by atoms with E-state index in [1.54, 1.807) is 17.9 Å². The fourth-order valence-corrected chi connectivity index (χ4v) is 1.64. The molecule has 0 aromatic carbocycles. The molecule has 0 radical (unpaired) electrons. The summed E-state index contributed by atoms with van der Waals surface area (Å²) in [5.74, 6) is 7.51. The van der Waals surface area contributed by atoms with E-state index in [0.717, 1.165) is 5.69 Å². The molecule has 3 N–H and O–H groups in total. The molecule has 0 atom stereocenters. The third-order valence-corrected chi connectivity index (χ3v) is 2.62. The molecule has 0 aliphatic carbocycles. The van der Waals surface area contributed by atoms with Crippen LogP contribution in [0.4, 0.5) is 5.82 Å². The minimum absolute atomic E-state index is 0.320. The Balaban J connectivity index is 2.38. The molecule has 0 spiro atoms. The van der Waals surface area contributed by atoms with Crippen molar-refractivity contribution in [3.8, 4) is 5.82 Å². The monoisotopic (exact) mass is 262 g/mol. The van der Waals surface area contributed by atoms with Crippen LogP contribution in [0.3, 0.4) is 0 Å². The van der Waals surface area contributed by atoms with E-state index >= 15 is 0 Å². The number of nitrogen functional groups attached to an aromatic ring is 1. The first-order valence-electron chi connectivity index (χ1n) is 6.03. The summed E-state index contributed by atoms with van der Waals surface area (Å²) in [5, 5.41) is 4.47. The van der Waals surface area contributed by atoms with Crippen LogP contribution in [0, 0.1) is 0 Å². The topological polar surface area (TPSA) is 90.9 Å². The maximum Gasteiger partial charge on any atom is 0.159 e. The Labute approximate surface area is 111 Å². The van der Waals surface area contributed by atoms with Gasteiger partial charge in [0.15, 0.2) is 11.6 Å². The predicted molar refractivity (Wildman–Crippen MR) is 71.8 cm³/mol. The van der Waals surface area contributed by atoms with E-state index in [2.05, 4.69) is 34.3 Å². The smallest absolute Gasteiger partial charge is 0.159 e. The van der Waals surface area contributed by atoms with E-state index in [4.69, 9.17) is 10.6 Å². The second-order valence-electron chi connectivity index (χ2n) is 4.44. The van der Waals surface area contributed by atoms with Crippen LogP contribution in [0.2, 0.25) is 0 Å². The summed E-state index contributed by atoms with van der Waals surface area (Å²) in [4.78, 5) is 8.58. The third-order valence-electron chi connectivity index (χ3n) is 2.62. The molecule has 7 heteroatoms. The number of aromatic nitrogens is 4. The summed E-state index contributed by atoms with van der Waals surface area (Å²) in [7, 11) is 1.59. The third kappa shape index (κ3) is 3.07. The molecule has 19 heavy (non-hydrogen) atoms. The van der Waals surface area contributed by atoms with Gasteiger partial charge in [0.05, 0.1) is 5.69 Å². The van der Waals surface area contributed by atoms with Gasteiger partial charge in [0.2, 0.25) is 0 Å². The number of hydrogen-bond acceptors (Lipinski definition) is 6. The van der Waals surface area contributed by atoms with Crippen LogP contribution in [0.25, 0.3) is 5.82 Å². The van der Waals surface area contributed by atoms with Gasteiger partial charge < -0.3 is 10.2 Å². The first-order valence-corrected chi connectivity index (χ1v) is 6.03. The van der Waals surface area contributed by atoms with E-state index in [0.29, 0.717) is 30.0 Å². The van der Waals surface area contributed by atoms with Crippen molar-refractivity contribution in [2.75, 3.05) is 12.5 Å². The number of nitrogens with two attached hydrogens (primary N) is 1. The van der Waals surface area contributed by atoms with Gasteiger partial charge in [-0.3, -0.25) is 0 Å². The predicted octanol–water partition coefficient (Wildman–Crippen LogP) is 1.22. The molecule has 2 heterocycles. The minimum Gasteiger partial charge on any atom is -0.377 e. The molecule has 7 nitrogen and oxygen atoms in total. The minimum atomic E-state index is 0.320. The molecule has 0 unspecified atom stereocenters. The molecule has 0 aliphatic heterocycles. The Morgan fingerprint density at radius 1 is 1.42 bits per heavy atom. The number of hydrazine groups is 1. The molecule has 0 saturated carbocycles. The second-order valence-corrected chi connectivity index (χ2v) is 4.44. The Bertz CT molecular complexity index is 551. The van der Waals surface area contributed by atoms with E-state index in [-0.39, 0.29) is 0 Å². The van der Waals surface area contributed by atoms with Gasteiger partial charge in [-0.05, 0) is 12.0 Å². The van der Waals surface area contributed by atoms with Gasteiger partial charge >= 0.3 is 0 Å². The van der Waals surface area contributed by atoms with Crippen LogP contribution in [0.15, 0.2) is 18.3 Å². The summed E-state index contributed by atoms with van der Waals surface area (Å²) >= 11 is 0. The molecule has 0 fully saturated rings. The molecular weight excluding hydrogens is 244 g/mol. The number of anilines is 1. The van der Waals surface area contributed by atoms with Crippen molar-refractivity contribution in [1.82, 2.24) is 19.7 Å². The van der Waals surface area contributed by atoms with Gasteiger partial charge in [0.1, 0.15) is 12.4 Å². The van der Waals surface area contributed by atoms with Gasteiger partial charge in [-0.2, -0.15) is 5.10 Å². The van der Waals surface area contributed by atoms with Gasteiger partial charge in [-0.15, -0.1) is 0 Å². The van der Waals surface area contributed by atoms with Crippen LogP contribution in [-0.4, -0.2) is 26.9 Å². The summed E-state index contributed by atoms with van der Waals surface area (Å²) in [6.07, 6.45) is 1.87. The largest absolute Gasteiger partial charge is 0.377 e. The fourth-order valence-electron chi connectivity index (χ4n) is 1.64. The highest BCUT2D eigenvalue weighted by molar-refractivity contribution is 5.40. The van der Waals surface area contributed by atoms with Crippen LogP contribution >= 0.6 is 0 Å². The second kappa shape index (κ2) is 5.77.